The number of anilines is 2. The first kappa shape index (κ1) is 24.1. The summed E-state index contributed by atoms with van der Waals surface area (Å²) in [4.78, 5) is 23.4. The number of benzene rings is 2. The second kappa shape index (κ2) is 9.81. The Labute approximate surface area is 208 Å². The van der Waals surface area contributed by atoms with E-state index in [4.69, 9.17) is 0 Å². The predicted octanol–water partition coefficient (Wildman–Crippen LogP) is 4.55. The molecule has 3 heterocycles. The quantitative estimate of drug-likeness (QED) is 0.539. The van der Waals surface area contributed by atoms with Gasteiger partial charge in [0.25, 0.3) is 5.91 Å². The number of likely N-dealkylation sites (N-methyl/N-ethyl adjacent to an activating group) is 1. The Hall–Kier alpha value is -3.59. The summed E-state index contributed by atoms with van der Waals surface area (Å²) < 4.78 is 41.9. The Morgan fingerprint density at radius 3 is 2.33 bits per heavy atom. The monoisotopic (exact) mass is 495 g/mol. The van der Waals surface area contributed by atoms with Crippen molar-refractivity contribution in [3.05, 3.63) is 77.2 Å². The van der Waals surface area contributed by atoms with E-state index < -0.39 is 23.5 Å². The van der Waals surface area contributed by atoms with Crippen molar-refractivity contribution in [1.82, 2.24) is 14.8 Å². The number of nitrogens with zero attached hydrogens (tertiary/aromatic N) is 4. The van der Waals surface area contributed by atoms with E-state index in [-0.39, 0.29) is 11.5 Å². The van der Waals surface area contributed by atoms with Crippen molar-refractivity contribution in [2.24, 2.45) is 0 Å². The number of nitrogens with one attached hydrogen (secondary N) is 1. The molecule has 5 rings (SSSR count). The van der Waals surface area contributed by atoms with E-state index in [1.54, 1.807) is 13.1 Å². The van der Waals surface area contributed by atoms with Crippen LogP contribution in [0.2, 0.25) is 0 Å². The highest BCUT2D eigenvalue weighted by atomic mass is 19.2. The van der Waals surface area contributed by atoms with Gasteiger partial charge in [-0.2, -0.15) is 0 Å². The van der Waals surface area contributed by atoms with Crippen molar-refractivity contribution in [1.29, 1.82) is 0 Å². The second-order valence-electron chi connectivity index (χ2n) is 9.35. The lowest BCUT2D eigenvalue weighted by atomic mass is 10.0. The molecule has 1 amide bonds. The number of hydrogen-bond acceptors (Lipinski definition) is 5. The second-order valence-corrected chi connectivity index (χ2v) is 9.35. The highest BCUT2D eigenvalue weighted by molar-refractivity contribution is 5.95. The standard InChI is InChI=1S/C27H28F3N5O/c1-17(21-14-23(29)24(30)15-22(21)28)35-8-7-31-26-25(35)13-20(16-32-26)18-3-5-19(6-4-18)27(36)34-11-9-33(2)10-12-34/h3-6,13-17H,7-12H2,1-2H3,(H,31,32). The minimum atomic E-state index is -1.21. The fourth-order valence-electron chi connectivity index (χ4n) is 4.81. The maximum absolute atomic E-state index is 14.5. The zero-order chi connectivity index (χ0) is 25.4. The molecule has 0 radical (unpaired) electrons. The van der Waals surface area contributed by atoms with Crippen LogP contribution in [0.5, 0.6) is 0 Å². The van der Waals surface area contributed by atoms with Crippen LogP contribution in [-0.4, -0.2) is 67.0 Å². The Kier molecular flexibility index (Phi) is 6.57. The molecule has 2 aliphatic rings. The lowest BCUT2D eigenvalue weighted by Gasteiger charge is -2.36. The molecule has 2 aromatic carbocycles. The van der Waals surface area contributed by atoms with Gasteiger partial charge in [0.1, 0.15) is 11.6 Å². The summed E-state index contributed by atoms with van der Waals surface area (Å²) in [6.45, 7) is 6.03. The molecule has 0 aliphatic carbocycles. The summed E-state index contributed by atoms with van der Waals surface area (Å²) in [7, 11) is 2.05. The molecule has 0 saturated carbocycles. The predicted molar refractivity (Wildman–Crippen MR) is 134 cm³/mol. The van der Waals surface area contributed by atoms with Crippen molar-refractivity contribution < 1.29 is 18.0 Å². The number of carbonyl (C=O) groups is 1. The van der Waals surface area contributed by atoms with Gasteiger partial charge in [-0.1, -0.05) is 12.1 Å². The molecule has 9 heteroatoms. The van der Waals surface area contributed by atoms with E-state index in [0.717, 1.165) is 36.0 Å². The maximum atomic E-state index is 14.5. The van der Waals surface area contributed by atoms with Crippen LogP contribution in [0, 0.1) is 17.5 Å². The number of hydrogen-bond donors (Lipinski definition) is 1. The average Bonchev–Trinajstić information content (AvgIpc) is 2.90. The molecule has 6 nitrogen and oxygen atoms in total. The number of carbonyl (C=O) groups excluding carboxylic acids is 1. The first-order valence-electron chi connectivity index (χ1n) is 12.0. The van der Waals surface area contributed by atoms with Crippen molar-refractivity contribution in [3.8, 4) is 11.1 Å². The Morgan fingerprint density at radius 1 is 0.917 bits per heavy atom. The Bertz CT molecular complexity index is 1280. The van der Waals surface area contributed by atoms with Gasteiger partial charge in [-0.3, -0.25) is 4.79 Å². The first-order chi connectivity index (χ1) is 17.3. The van der Waals surface area contributed by atoms with Gasteiger partial charge in [-0.05, 0) is 43.8 Å². The van der Waals surface area contributed by atoms with Gasteiger partial charge in [0.2, 0.25) is 0 Å². The molecule has 2 aliphatic heterocycles. The van der Waals surface area contributed by atoms with Crippen LogP contribution in [-0.2, 0) is 0 Å². The third-order valence-corrected chi connectivity index (χ3v) is 7.04. The number of halogens is 3. The number of fused-ring (bicyclic) bond motifs is 1. The van der Waals surface area contributed by atoms with E-state index >= 15 is 0 Å². The zero-order valence-corrected chi connectivity index (χ0v) is 20.3. The minimum absolute atomic E-state index is 0.0240. The molecule has 1 N–H and O–H groups in total. The van der Waals surface area contributed by atoms with E-state index in [9.17, 15) is 18.0 Å². The largest absolute Gasteiger partial charge is 0.367 e. The molecule has 0 spiro atoms. The molecule has 1 atom stereocenters. The molecule has 36 heavy (non-hydrogen) atoms. The highest BCUT2D eigenvalue weighted by Crippen LogP contribution is 2.37. The highest BCUT2D eigenvalue weighted by Gasteiger charge is 2.27. The Balaban J connectivity index is 1.40. The smallest absolute Gasteiger partial charge is 0.253 e. The van der Waals surface area contributed by atoms with Gasteiger partial charge in [-0.25, -0.2) is 18.2 Å². The third kappa shape index (κ3) is 4.63. The average molecular weight is 496 g/mol. The summed E-state index contributed by atoms with van der Waals surface area (Å²) >= 11 is 0. The number of piperazine rings is 1. The minimum Gasteiger partial charge on any atom is -0.367 e. The van der Waals surface area contributed by atoms with Gasteiger partial charge >= 0.3 is 0 Å². The third-order valence-electron chi connectivity index (χ3n) is 7.04. The summed E-state index contributed by atoms with van der Waals surface area (Å²) in [6.07, 6.45) is 1.75. The SMILES string of the molecule is CC(c1cc(F)c(F)cc1F)N1CCNc2ncc(-c3ccc(C(=O)N4CCN(C)CC4)cc3)cc21. The molecule has 188 valence electrons. The summed E-state index contributed by atoms with van der Waals surface area (Å²) in [5, 5.41) is 3.24. The fraction of sp³-hybridized carbons (Fsp3) is 0.333. The molecule has 1 saturated heterocycles. The van der Waals surface area contributed by atoms with E-state index in [0.29, 0.717) is 43.6 Å². The lowest BCUT2D eigenvalue weighted by Crippen LogP contribution is -2.47. The van der Waals surface area contributed by atoms with Gasteiger partial charge in [0.05, 0.1) is 11.7 Å². The van der Waals surface area contributed by atoms with Crippen LogP contribution < -0.4 is 10.2 Å². The molecular weight excluding hydrogens is 467 g/mol. The molecule has 3 aromatic rings. The van der Waals surface area contributed by atoms with Gasteiger partial charge in [-0.15, -0.1) is 0 Å². The lowest BCUT2D eigenvalue weighted by molar-refractivity contribution is 0.0664. The van der Waals surface area contributed by atoms with E-state index in [2.05, 4.69) is 22.2 Å². The van der Waals surface area contributed by atoms with Crippen LogP contribution in [0.15, 0.2) is 48.7 Å². The summed E-state index contributed by atoms with van der Waals surface area (Å²) in [5.74, 6) is -2.40. The number of amides is 1. The first-order valence-corrected chi connectivity index (χ1v) is 12.0. The molecular formula is C27H28F3N5O. The molecule has 1 aromatic heterocycles. The van der Waals surface area contributed by atoms with Crippen LogP contribution in [0.3, 0.4) is 0 Å². The van der Waals surface area contributed by atoms with Crippen molar-refractivity contribution >= 4 is 17.4 Å². The van der Waals surface area contributed by atoms with Crippen molar-refractivity contribution in [3.63, 3.8) is 0 Å². The van der Waals surface area contributed by atoms with Crippen LogP contribution in [0.1, 0.15) is 28.9 Å². The van der Waals surface area contributed by atoms with Crippen LogP contribution >= 0.6 is 0 Å². The summed E-state index contributed by atoms with van der Waals surface area (Å²) in [5.41, 5.74) is 3.18. The van der Waals surface area contributed by atoms with Gasteiger partial charge < -0.3 is 20.0 Å². The Morgan fingerprint density at radius 2 is 1.61 bits per heavy atom. The topological polar surface area (TPSA) is 51.7 Å². The normalized spacial score (nSPS) is 16.9. The van der Waals surface area contributed by atoms with E-state index in [1.165, 1.54) is 0 Å². The maximum Gasteiger partial charge on any atom is 0.253 e. The van der Waals surface area contributed by atoms with Gasteiger partial charge in [0.15, 0.2) is 11.6 Å². The molecule has 0 bridgehead atoms. The van der Waals surface area contributed by atoms with Crippen molar-refractivity contribution in [2.45, 2.75) is 13.0 Å². The fourth-order valence-corrected chi connectivity index (χ4v) is 4.81. The number of pyridine rings is 1. The molecule has 1 unspecified atom stereocenters. The zero-order valence-electron chi connectivity index (χ0n) is 20.3. The summed E-state index contributed by atoms with van der Waals surface area (Å²) in [6, 6.07) is 10.4. The van der Waals surface area contributed by atoms with Gasteiger partial charge in [0, 0.05) is 68.2 Å². The van der Waals surface area contributed by atoms with Crippen molar-refractivity contribution in [2.75, 3.05) is 56.5 Å². The molecule has 1 fully saturated rings. The van der Waals surface area contributed by atoms with E-state index in [1.807, 2.05) is 40.1 Å². The van der Waals surface area contributed by atoms with Crippen LogP contribution in [0.25, 0.3) is 11.1 Å². The van der Waals surface area contributed by atoms with Crippen LogP contribution in [0.4, 0.5) is 24.7 Å². The number of rotatable bonds is 4. The number of aromatic nitrogens is 1.